The topological polar surface area (TPSA) is 381 Å². The van der Waals surface area contributed by atoms with Crippen molar-refractivity contribution in [2.75, 3.05) is 115 Å². The smallest absolute Gasteiger partial charge is 0.259 e. The summed E-state index contributed by atoms with van der Waals surface area (Å²) in [6, 6.07) is 46.0. The number of thiazole rings is 1. The van der Waals surface area contributed by atoms with Crippen molar-refractivity contribution in [2.24, 2.45) is 0 Å². The molecule has 0 atom stereocenters. The number of amides is 4. The molecule has 12 aromatic rings. The van der Waals surface area contributed by atoms with E-state index in [0.29, 0.717) is 96.9 Å². The molecule has 568 valence electrons. The first kappa shape index (κ1) is 76.8. The van der Waals surface area contributed by atoms with Crippen LogP contribution in [0.15, 0.2) is 209 Å². The lowest BCUT2D eigenvalue weighted by Crippen LogP contribution is -2.41. The number of pyridine rings is 1. The largest absolute Gasteiger partial charge is 0.443 e. The molecule has 0 unspecified atom stereocenters. The molecule has 110 heavy (non-hydrogen) atoms. The molecule has 16 rings (SSSR count). The number of ether oxygens (including phenoxy) is 4. The van der Waals surface area contributed by atoms with E-state index in [4.69, 9.17) is 39.4 Å². The van der Waals surface area contributed by atoms with Gasteiger partial charge in [0.2, 0.25) is 0 Å². The molecule has 4 saturated heterocycles. The van der Waals surface area contributed by atoms with Gasteiger partial charge in [-0.25, -0.2) is 57.4 Å². The van der Waals surface area contributed by atoms with Crippen molar-refractivity contribution >= 4 is 165 Å². The third-order valence-electron chi connectivity index (χ3n) is 16.8. The average Bonchev–Trinajstić information content (AvgIpc) is 1.44. The summed E-state index contributed by atoms with van der Waals surface area (Å²) in [7, 11) is -14.3. The van der Waals surface area contributed by atoms with Gasteiger partial charge in [0.15, 0.2) is 47.7 Å². The fourth-order valence-electron chi connectivity index (χ4n) is 11.4. The number of benzene rings is 8. The van der Waals surface area contributed by atoms with Gasteiger partial charge in [-0.3, -0.25) is 41.4 Å². The number of oxazole rings is 2. The molecule has 4 aliphatic rings. The van der Waals surface area contributed by atoms with E-state index in [9.17, 15) is 61.6 Å². The number of anilines is 8. The summed E-state index contributed by atoms with van der Waals surface area (Å²) in [4.78, 5) is 66.3. The number of hydrogen-bond acceptors (Lipinski definition) is 23. The molecule has 4 aliphatic heterocycles. The highest BCUT2D eigenvalue weighted by Gasteiger charge is 2.32. The summed E-state index contributed by atoms with van der Waals surface area (Å²) in [5.74, 6) is -5.16. The first-order valence-electron chi connectivity index (χ1n) is 32.9. The summed E-state index contributed by atoms with van der Waals surface area (Å²) in [6.45, 7) is 1.80. The third-order valence-corrected chi connectivity index (χ3v) is 24.0. The molecule has 8 heterocycles. The van der Waals surface area contributed by atoms with Gasteiger partial charge < -0.3 is 49.0 Å². The second-order valence-electron chi connectivity index (χ2n) is 24.1. The Bertz CT molecular complexity index is 5760. The number of nitrogens with zero attached hydrogens (tertiary/aromatic N) is 8. The summed E-state index contributed by atoms with van der Waals surface area (Å²) in [5, 5.41) is 11.3. The second-order valence-corrected chi connectivity index (χ2v) is 32.7. The molecule has 8 aromatic carbocycles. The van der Waals surface area contributed by atoms with Crippen molar-refractivity contribution in [3.63, 3.8) is 0 Å². The van der Waals surface area contributed by atoms with Crippen LogP contribution < -0.4 is 38.5 Å². The number of carbonyl (C=O) groups excluding carboxylic acids is 4. The van der Waals surface area contributed by atoms with Gasteiger partial charge in [-0.15, -0.1) is 11.3 Å². The number of sulfonamides is 4. The molecular formula is C72H61ClF2N12O18S5. The molecule has 4 amide bonds. The van der Waals surface area contributed by atoms with Crippen LogP contribution in [0, 0.1) is 11.6 Å². The minimum Gasteiger partial charge on any atom is -0.443 e. The van der Waals surface area contributed by atoms with Crippen molar-refractivity contribution in [1.82, 2.24) is 19.9 Å². The highest BCUT2D eigenvalue weighted by molar-refractivity contribution is 7.93. The van der Waals surface area contributed by atoms with Crippen LogP contribution in [0.3, 0.4) is 0 Å². The zero-order chi connectivity index (χ0) is 77.3. The first-order chi connectivity index (χ1) is 52.8. The van der Waals surface area contributed by atoms with Crippen LogP contribution in [-0.4, -0.2) is 154 Å². The monoisotopic (exact) mass is 1610 g/mol. The van der Waals surface area contributed by atoms with Crippen molar-refractivity contribution in [1.29, 1.82) is 0 Å². The maximum atomic E-state index is 14.7. The lowest BCUT2D eigenvalue weighted by Gasteiger charge is -2.28. The maximum Gasteiger partial charge on any atom is 0.259 e. The predicted octanol–water partition coefficient (Wildman–Crippen LogP) is 11.1. The van der Waals surface area contributed by atoms with Crippen LogP contribution in [0.1, 0.15) is 41.4 Å². The zero-order valence-electron chi connectivity index (χ0n) is 57.1. The molecule has 0 aliphatic carbocycles. The van der Waals surface area contributed by atoms with Crippen molar-refractivity contribution in [2.45, 2.75) is 0 Å². The zero-order valence-corrected chi connectivity index (χ0v) is 62.0. The Morgan fingerprint density at radius 2 is 0.836 bits per heavy atom. The number of aromatic nitrogens is 4. The number of fused-ring (bicyclic) bond motifs is 3. The van der Waals surface area contributed by atoms with E-state index in [-0.39, 0.29) is 85.6 Å². The Morgan fingerprint density at radius 3 is 1.33 bits per heavy atom. The number of carbonyl (C=O) groups is 4. The number of rotatable bonds is 13. The minimum atomic E-state index is -3.68. The Labute approximate surface area is 635 Å². The van der Waals surface area contributed by atoms with E-state index in [2.05, 4.69) is 41.2 Å². The standard InChI is InChI=1S/C21H17ClFN3O4S.C17H14FN3O5S.C17H15N3O5S.C17H15N3O4S2/c22-18-7-4-14(11-17(18)20-3-1-2-8-24-20)25-21(27)16-6-5-15(12-19(16)23)26-9-10-30-13-31(26,28)29;18-14-8-12(21-5-6-25-10-27(21,23)24)2-3-13(14)17(22)20-11-1-4-16-15(7-11)19-9-26-16;21-17(19-13-3-6-15-16(9-13)25-10-18-15)12-1-4-14(5-2-12)20-7-8-24-11-26(20,22)23;21-17(19-13-3-6-16-15(9-13)18-10-25-16)12-1-4-14(5-2-12)20-7-8-24-11-26(20,22)23/h1-8,11-12H,9-10,13H2,(H,25,27);1-4,7-9H,5-6,10H2,(H,20,22);2*1-6,9-10H,7-8,11H2,(H,19,21). The van der Waals surface area contributed by atoms with E-state index in [1.54, 1.807) is 127 Å². The summed E-state index contributed by atoms with van der Waals surface area (Å²) in [6.07, 6.45) is 4.26. The summed E-state index contributed by atoms with van der Waals surface area (Å²) < 4.78 is 162. The molecule has 4 fully saturated rings. The molecule has 0 spiro atoms. The third kappa shape index (κ3) is 18.1. The average molecular weight is 1620 g/mol. The summed E-state index contributed by atoms with van der Waals surface area (Å²) in [5.41, 5.74) is 10.1. The van der Waals surface area contributed by atoms with Crippen molar-refractivity contribution in [3.8, 4) is 11.3 Å². The molecular weight excluding hydrogens is 1550 g/mol. The van der Waals surface area contributed by atoms with Gasteiger partial charge in [0.05, 0.1) is 113 Å². The summed E-state index contributed by atoms with van der Waals surface area (Å²) >= 11 is 7.79. The van der Waals surface area contributed by atoms with E-state index < -0.39 is 75.4 Å². The molecule has 30 nitrogen and oxygen atoms in total. The van der Waals surface area contributed by atoms with E-state index in [1.807, 2.05) is 24.3 Å². The van der Waals surface area contributed by atoms with Crippen LogP contribution in [0.2, 0.25) is 5.02 Å². The normalized spacial score (nSPS) is 16.2. The van der Waals surface area contributed by atoms with Crippen LogP contribution in [0.25, 0.3) is 43.7 Å². The Hall–Kier alpha value is -11.4. The van der Waals surface area contributed by atoms with Gasteiger partial charge in [0, 0.05) is 51.7 Å². The van der Waals surface area contributed by atoms with E-state index >= 15 is 0 Å². The van der Waals surface area contributed by atoms with Gasteiger partial charge in [-0.05, 0) is 164 Å². The Kier molecular flexibility index (Phi) is 23.2. The molecule has 0 bridgehead atoms. The van der Waals surface area contributed by atoms with Crippen LogP contribution in [0.4, 0.5) is 54.3 Å². The van der Waals surface area contributed by atoms with Gasteiger partial charge >= 0.3 is 0 Å². The fraction of sp³-hybridized carbons (Fsp3) is 0.167. The SMILES string of the molecule is O=C(Nc1ccc(Cl)c(-c2ccccn2)c1)c1ccc(N2CCOCS2(=O)=O)cc1F.O=C(Nc1ccc2ncoc2c1)c1ccc(N2CCOCS2(=O)=O)cc1.O=C(Nc1ccc2ocnc2c1)c1ccc(N2CCOCS2(=O)=O)cc1F.O=C(Nc1ccc2scnc2c1)c1ccc(N2CCOCS2(=O)=O)cc1. The van der Waals surface area contributed by atoms with E-state index in [1.165, 1.54) is 57.0 Å². The van der Waals surface area contributed by atoms with E-state index in [0.717, 1.165) is 31.0 Å². The van der Waals surface area contributed by atoms with Gasteiger partial charge in [-0.1, -0.05) is 17.7 Å². The Balaban J connectivity index is 0.000000129. The highest BCUT2D eigenvalue weighted by Crippen LogP contribution is 2.33. The lowest BCUT2D eigenvalue weighted by atomic mass is 10.1. The van der Waals surface area contributed by atoms with Crippen molar-refractivity contribution < 1.29 is 89.4 Å². The quantitative estimate of drug-likeness (QED) is 0.0833. The highest BCUT2D eigenvalue weighted by atomic mass is 35.5. The first-order valence-corrected chi connectivity index (χ1v) is 40.6. The molecule has 4 N–H and O–H groups in total. The predicted molar refractivity (Wildman–Crippen MR) is 408 cm³/mol. The molecule has 4 aromatic heterocycles. The van der Waals surface area contributed by atoms with Gasteiger partial charge in [0.1, 0.15) is 22.7 Å². The minimum absolute atomic E-state index is 0.0778. The fourth-order valence-corrected chi connectivity index (χ4v) is 17.3. The molecule has 0 saturated carbocycles. The number of hydrogen-bond donors (Lipinski definition) is 4. The van der Waals surface area contributed by atoms with Gasteiger partial charge in [-0.2, -0.15) is 0 Å². The van der Waals surface area contributed by atoms with Crippen molar-refractivity contribution in [3.05, 3.63) is 239 Å². The van der Waals surface area contributed by atoms with Crippen LogP contribution in [0.5, 0.6) is 0 Å². The van der Waals surface area contributed by atoms with Gasteiger partial charge in [0.25, 0.3) is 63.7 Å². The number of halogens is 3. The van der Waals surface area contributed by atoms with Crippen LogP contribution in [-0.2, 0) is 59.0 Å². The molecule has 0 radical (unpaired) electrons. The maximum absolute atomic E-state index is 14.7. The number of nitrogens with one attached hydrogen (secondary N) is 4. The molecule has 38 heteroatoms. The van der Waals surface area contributed by atoms with Crippen LogP contribution >= 0.6 is 22.9 Å². The lowest BCUT2D eigenvalue weighted by molar-refractivity contribution is 0.101. The Morgan fingerprint density at radius 1 is 0.409 bits per heavy atom. The second kappa shape index (κ2) is 33.2.